The number of ether oxygens (including phenoxy) is 2. The summed E-state index contributed by atoms with van der Waals surface area (Å²) in [6, 6.07) is 3.07. The summed E-state index contributed by atoms with van der Waals surface area (Å²) in [5, 5.41) is 20.4. The molecule has 3 heterocycles. The molecule has 0 bridgehead atoms. The van der Waals surface area contributed by atoms with Crippen molar-refractivity contribution >= 4 is 23.6 Å². The Morgan fingerprint density at radius 2 is 2.18 bits per heavy atom. The van der Waals surface area contributed by atoms with Gasteiger partial charge in [-0.3, -0.25) is 19.3 Å². The van der Waals surface area contributed by atoms with Gasteiger partial charge < -0.3 is 19.7 Å². The van der Waals surface area contributed by atoms with Crippen molar-refractivity contribution in [3.63, 3.8) is 0 Å². The molecule has 0 amide bonds. The van der Waals surface area contributed by atoms with Crippen molar-refractivity contribution in [2.45, 2.75) is 24.5 Å². The molecule has 1 aliphatic rings. The quantitative estimate of drug-likeness (QED) is 0.567. The second-order valence-corrected chi connectivity index (χ2v) is 6.18. The molecule has 1 aliphatic heterocycles. The number of aromatic amines is 1. The molecule has 28 heavy (non-hydrogen) atoms. The van der Waals surface area contributed by atoms with E-state index in [0.29, 0.717) is 0 Å². The minimum atomic E-state index is -1.50. The monoisotopic (exact) mass is 409 g/mol. The number of nitrogens with one attached hydrogen (secondary N) is 1. The van der Waals surface area contributed by atoms with E-state index in [9.17, 15) is 24.6 Å². The molecular formula is C17H16ClN3O7. The molecule has 1 fully saturated rings. The summed E-state index contributed by atoms with van der Waals surface area (Å²) in [5.41, 5.74) is -0.178. The normalized spacial score (nSPS) is 24.5. The predicted molar refractivity (Wildman–Crippen MR) is 96.7 cm³/mol. The van der Waals surface area contributed by atoms with Gasteiger partial charge in [0.05, 0.1) is 11.1 Å². The highest BCUT2D eigenvalue weighted by atomic mass is 35.5. The van der Waals surface area contributed by atoms with Crippen LogP contribution in [0.25, 0.3) is 6.08 Å². The van der Waals surface area contributed by atoms with Crippen molar-refractivity contribution in [1.82, 2.24) is 14.5 Å². The van der Waals surface area contributed by atoms with Gasteiger partial charge in [-0.1, -0.05) is 11.6 Å². The van der Waals surface area contributed by atoms with Crippen molar-refractivity contribution in [2.75, 3.05) is 6.61 Å². The van der Waals surface area contributed by atoms with Gasteiger partial charge in [-0.2, -0.15) is 0 Å². The molecule has 0 radical (unpaired) electrons. The second-order valence-electron chi connectivity index (χ2n) is 5.93. The molecular weight excluding hydrogens is 394 g/mol. The lowest BCUT2D eigenvalue weighted by Gasteiger charge is -2.17. The Hall–Kier alpha value is -2.79. The highest BCUT2D eigenvalue weighted by molar-refractivity contribution is 6.27. The van der Waals surface area contributed by atoms with E-state index in [4.69, 9.17) is 21.1 Å². The third-order valence-electron chi connectivity index (χ3n) is 4.13. The minimum absolute atomic E-state index is 0.0475. The predicted octanol–water partition coefficient (Wildman–Crippen LogP) is -0.383. The topological polar surface area (TPSA) is 144 Å². The molecule has 2 aromatic rings. The summed E-state index contributed by atoms with van der Waals surface area (Å²) in [6.45, 7) is -0.366. The Balaban J connectivity index is 1.76. The number of aliphatic hydroxyl groups is 2. The van der Waals surface area contributed by atoms with Gasteiger partial charge in [-0.05, 0) is 18.2 Å². The van der Waals surface area contributed by atoms with Crippen LogP contribution in [0.5, 0.6) is 0 Å². The van der Waals surface area contributed by atoms with E-state index in [2.05, 4.69) is 9.97 Å². The number of carbonyl (C=O) groups excluding carboxylic acids is 1. The van der Waals surface area contributed by atoms with Gasteiger partial charge in [0.1, 0.15) is 24.9 Å². The molecule has 148 valence electrons. The van der Waals surface area contributed by atoms with Gasteiger partial charge in [-0.15, -0.1) is 0 Å². The maximum Gasteiger partial charge on any atom is 0.339 e. The molecule has 11 heteroatoms. The summed E-state index contributed by atoms with van der Waals surface area (Å²) in [4.78, 5) is 41.6. The smallest absolute Gasteiger partial charge is 0.339 e. The fourth-order valence-electron chi connectivity index (χ4n) is 2.70. The van der Waals surface area contributed by atoms with Gasteiger partial charge in [0.2, 0.25) is 0 Å². The van der Waals surface area contributed by atoms with Gasteiger partial charge >= 0.3 is 11.7 Å². The molecule has 3 N–H and O–H groups in total. The summed E-state index contributed by atoms with van der Waals surface area (Å²) < 4.78 is 11.5. The third kappa shape index (κ3) is 4.04. The van der Waals surface area contributed by atoms with Crippen LogP contribution in [0.2, 0.25) is 0 Å². The Labute approximate surface area is 162 Å². The van der Waals surface area contributed by atoms with E-state index in [1.165, 1.54) is 24.5 Å². The Morgan fingerprint density at radius 1 is 1.39 bits per heavy atom. The van der Waals surface area contributed by atoms with E-state index in [0.717, 1.165) is 16.3 Å². The van der Waals surface area contributed by atoms with Gasteiger partial charge in [0, 0.05) is 24.1 Å². The number of aromatic nitrogens is 3. The number of aliphatic hydroxyl groups excluding tert-OH is 2. The molecule has 10 nitrogen and oxygen atoms in total. The average Bonchev–Trinajstić information content (AvgIpc) is 2.97. The number of nitrogens with zero attached hydrogens (tertiary/aromatic N) is 2. The van der Waals surface area contributed by atoms with E-state index in [1.807, 2.05) is 0 Å². The molecule has 3 rings (SSSR count). The molecule has 0 spiro atoms. The fourth-order valence-corrected chi connectivity index (χ4v) is 2.83. The van der Waals surface area contributed by atoms with E-state index in [1.54, 1.807) is 6.07 Å². The Bertz CT molecular complexity index is 988. The van der Waals surface area contributed by atoms with Gasteiger partial charge in [0.15, 0.2) is 6.23 Å². The van der Waals surface area contributed by atoms with Crippen LogP contribution in [0, 0.1) is 0 Å². The largest absolute Gasteiger partial charge is 0.459 e. The van der Waals surface area contributed by atoms with Crippen molar-refractivity contribution < 1.29 is 24.5 Å². The van der Waals surface area contributed by atoms with Crippen molar-refractivity contribution in [1.29, 1.82) is 0 Å². The molecule has 0 aromatic carbocycles. The minimum Gasteiger partial charge on any atom is -0.459 e. The molecule has 1 saturated heterocycles. The van der Waals surface area contributed by atoms with Crippen molar-refractivity contribution in [2.24, 2.45) is 0 Å². The Kier molecular flexibility index (Phi) is 6.05. The Morgan fingerprint density at radius 3 is 2.86 bits per heavy atom. The molecule has 2 aromatic heterocycles. The van der Waals surface area contributed by atoms with Crippen LogP contribution >= 0.6 is 11.6 Å². The summed E-state index contributed by atoms with van der Waals surface area (Å²) in [6.07, 6.45) is -0.118. The molecule has 0 saturated carbocycles. The van der Waals surface area contributed by atoms with Gasteiger partial charge in [0.25, 0.3) is 5.56 Å². The zero-order chi connectivity index (χ0) is 20.3. The van der Waals surface area contributed by atoms with Crippen LogP contribution in [0.3, 0.4) is 0 Å². The summed E-state index contributed by atoms with van der Waals surface area (Å²) >= 11 is 5.46. The zero-order valence-electron chi connectivity index (χ0n) is 14.3. The second kappa shape index (κ2) is 8.48. The number of esters is 1. The summed E-state index contributed by atoms with van der Waals surface area (Å²) in [5.74, 6) is -0.683. The van der Waals surface area contributed by atoms with Crippen LogP contribution < -0.4 is 11.2 Å². The summed E-state index contributed by atoms with van der Waals surface area (Å²) in [7, 11) is 0. The average molecular weight is 410 g/mol. The van der Waals surface area contributed by atoms with Gasteiger partial charge in [-0.25, -0.2) is 9.59 Å². The van der Waals surface area contributed by atoms with Crippen LogP contribution in [0.4, 0.5) is 0 Å². The van der Waals surface area contributed by atoms with Crippen LogP contribution in [0.1, 0.15) is 22.1 Å². The molecule has 0 aliphatic carbocycles. The lowest BCUT2D eigenvalue weighted by atomic mass is 10.1. The van der Waals surface area contributed by atoms with Crippen LogP contribution in [-0.4, -0.2) is 55.6 Å². The molecule has 0 unspecified atom stereocenters. The number of H-pyrrole nitrogens is 1. The first-order valence-electron chi connectivity index (χ1n) is 8.13. The fraction of sp³-hybridized carbons (Fsp3) is 0.294. The SMILES string of the molecule is O=C(OC[C@H]1O[C@@H](n2cc(/C=C/Cl)c(=O)[nH]c2=O)[C@@H](O)[C@@H]1O)c1cccnc1. The number of halogens is 1. The van der Waals surface area contributed by atoms with Crippen LogP contribution in [-0.2, 0) is 9.47 Å². The number of hydrogen-bond acceptors (Lipinski definition) is 8. The number of hydrogen-bond donors (Lipinski definition) is 3. The highest BCUT2D eigenvalue weighted by Crippen LogP contribution is 2.28. The first kappa shape index (κ1) is 20.0. The number of carbonyl (C=O) groups is 1. The van der Waals surface area contributed by atoms with E-state index in [-0.39, 0.29) is 17.7 Å². The van der Waals surface area contributed by atoms with E-state index >= 15 is 0 Å². The highest BCUT2D eigenvalue weighted by Gasteiger charge is 2.44. The first-order valence-corrected chi connectivity index (χ1v) is 8.57. The van der Waals surface area contributed by atoms with E-state index < -0.39 is 41.8 Å². The van der Waals surface area contributed by atoms with Crippen molar-refractivity contribution in [3.8, 4) is 0 Å². The molecule has 4 atom stereocenters. The first-order chi connectivity index (χ1) is 13.4. The zero-order valence-corrected chi connectivity index (χ0v) is 15.0. The number of pyridine rings is 1. The maximum absolute atomic E-state index is 12.1. The third-order valence-corrected chi connectivity index (χ3v) is 4.25. The lowest BCUT2D eigenvalue weighted by Crippen LogP contribution is -2.38. The van der Waals surface area contributed by atoms with Crippen molar-refractivity contribution in [3.05, 3.63) is 68.2 Å². The van der Waals surface area contributed by atoms with Crippen LogP contribution in [0.15, 0.2) is 45.8 Å². The lowest BCUT2D eigenvalue weighted by molar-refractivity contribution is -0.0599. The maximum atomic E-state index is 12.1. The number of rotatable bonds is 5. The standard InChI is InChI=1S/C17H16ClN3O7/c18-4-3-10-7-21(17(26)20-14(10)24)15-13(23)12(22)11(28-15)8-27-16(25)9-2-1-5-19-6-9/h1-7,11-13,15,22-23H,8H2,(H,20,24,26)/b4-3+/t11-,12-,13+,15-/m1/s1.